The lowest BCUT2D eigenvalue weighted by Crippen LogP contribution is -2.41. The van der Waals surface area contributed by atoms with Crippen molar-refractivity contribution in [3.05, 3.63) is 54.1 Å². The minimum absolute atomic E-state index is 0.0326. The monoisotopic (exact) mass is 536 g/mol. The molecule has 0 radical (unpaired) electrons. The van der Waals surface area contributed by atoms with Crippen LogP contribution in [0.15, 0.2) is 53.4 Å². The molecule has 0 saturated carbocycles. The molecule has 36 heavy (non-hydrogen) atoms. The summed E-state index contributed by atoms with van der Waals surface area (Å²) in [7, 11) is -4.62. The largest absolute Gasteiger partial charge is 0.371 e. The van der Waals surface area contributed by atoms with E-state index in [1.54, 1.807) is 0 Å². The first-order valence-corrected chi connectivity index (χ1v) is 15.2. The Bertz CT molecular complexity index is 1260. The van der Waals surface area contributed by atoms with Crippen LogP contribution in [0.1, 0.15) is 38.3 Å². The average Bonchev–Trinajstić information content (AvgIpc) is 2.82. The smallest absolute Gasteiger partial charge is 0.242 e. The van der Waals surface area contributed by atoms with Crippen molar-refractivity contribution in [1.29, 1.82) is 0 Å². The van der Waals surface area contributed by atoms with Gasteiger partial charge in [0.05, 0.1) is 22.9 Å². The maximum atomic E-state index is 12.8. The SMILES string of the molecule is CC1CCCN(c2ccc(C(C)NC(=O)CN(c3ccc(S(=O)(=O)N(C)C)cc3)S(C)(=O)=O)cc2)C1. The third kappa shape index (κ3) is 6.77. The quantitative estimate of drug-likeness (QED) is 0.528. The zero-order valence-electron chi connectivity index (χ0n) is 21.5. The molecule has 2 atom stereocenters. The van der Waals surface area contributed by atoms with Gasteiger partial charge in [-0.05, 0) is 67.6 Å². The first kappa shape index (κ1) is 27.9. The number of piperidine rings is 1. The van der Waals surface area contributed by atoms with Gasteiger partial charge in [0, 0.05) is 32.9 Å². The summed E-state index contributed by atoms with van der Waals surface area (Å²) in [6.45, 7) is 5.76. The molecule has 0 aliphatic carbocycles. The maximum absolute atomic E-state index is 12.8. The second-order valence-electron chi connectivity index (χ2n) is 9.63. The molecule has 0 spiro atoms. The normalized spacial score (nSPS) is 17.6. The number of amides is 1. The third-order valence-electron chi connectivity index (χ3n) is 6.38. The minimum Gasteiger partial charge on any atom is -0.371 e. The molecule has 2 unspecified atom stereocenters. The summed E-state index contributed by atoms with van der Waals surface area (Å²) < 4.78 is 51.5. The van der Waals surface area contributed by atoms with Crippen LogP contribution in [0.3, 0.4) is 0 Å². The molecule has 0 aromatic heterocycles. The van der Waals surface area contributed by atoms with Crippen LogP contribution in [0.4, 0.5) is 11.4 Å². The van der Waals surface area contributed by atoms with E-state index in [0.717, 1.165) is 39.2 Å². The lowest BCUT2D eigenvalue weighted by molar-refractivity contribution is -0.120. The zero-order valence-corrected chi connectivity index (χ0v) is 23.1. The van der Waals surface area contributed by atoms with Crippen molar-refractivity contribution in [1.82, 2.24) is 9.62 Å². The molecular weight excluding hydrogens is 500 g/mol. The van der Waals surface area contributed by atoms with E-state index in [4.69, 9.17) is 0 Å². The van der Waals surface area contributed by atoms with Crippen LogP contribution >= 0.6 is 0 Å². The summed E-state index contributed by atoms with van der Waals surface area (Å²) in [5.41, 5.74) is 2.28. The summed E-state index contributed by atoms with van der Waals surface area (Å²) >= 11 is 0. The van der Waals surface area contributed by atoms with Crippen LogP contribution < -0.4 is 14.5 Å². The number of nitrogens with one attached hydrogen (secondary N) is 1. The fourth-order valence-electron chi connectivity index (χ4n) is 4.29. The first-order valence-electron chi connectivity index (χ1n) is 11.9. The molecule has 1 N–H and O–H groups in total. The fourth-order valence-corrected chi connectivity index (χ4v) is 6.05. The van der Waals surface area contributed by atoms with E-state index in [9.17, 15) is 21.6 Å². The predicted molar refractivity (Wildman–Crippen MR) is 143 cm³/mol. The summed E-state index contributed by atoms with van der Waals surface area (Å²) in [5.74, 6) is 0.204. The van der Waals surface area contributed by atoms with Crippen molar-refractivity contribution in [2.75, 3.05) is 49.2 Å². The van der Waals surface area contributed by atoms with E-state index in [1.165, 1.54) is 51.2 Å². The highest BCUT2D eigenvalue weighted by atomic mass is 32.2. The summed E-state index contributed by atoms with van der Waals surface area (Å²) in [4.78, 5) is 15.2. The highest BCUT2D eigenvalue weighted by molar-refractivity contribution is 7.92. The number of anilines is 2. The maximum Gasteiger partial charge on any atom is 0.242 e. The highest BCUT2D eigenvalue weighted by Gasteiger charge is 2.24. The van der Waals surface area contributed by atoms with E-state index >= 15 is 0 Å². The molecular formula is C25H36N4O5S2. The van der Waals surface area contributed by atoms with Crippen molar-refractivity contribution in [3.63, 3.8) is 0 Å². The predicted octanol–water partition coefficient (Wildman–Crippen LogP) is 2.82. The van der Waals surface area contributed by atoms with Gasteiger partial charge < -0.3 is 10.2 Å². The van der Waals surface area contributed by atoms with Crippen LogP contribution in [0.25, 0.3) is 0 Å². The molecule has 1 heterocycles. The lowest BCUT2D eigenvalue weighted by Gasteiger charge is -2.33. The van der Waals surface area contributed by atoms with Gasteiger partial charge in [0.25, 0.3) is 0 Å². The van der Waals surface area contributed by atoms with Gasteiger partial charge in [-0.1, -0.05) is 19.1 Å². The van der Waals surface area contributed by atoms with Crippen LogP contribution in [0.2, 0.25) is 0 Å². The lowest BCUT2D eigenvalue weighted by atomic mass is 9.99. The molecule has 1 saturated heterocycles. The Kier molecular flexibility index (Phi) is 8.68. The Morgan fingerprint density at radius 1 is 1.06 bits per heavy atom. The molecule has 2 aromatic carbocycles. The van der Waals surface area contributed by atoms with E-state index in [2.05, 4.69) is 29.3 Å². The zero-order chi connectivity index (χ0) is 26.7. The highest BCUT2D eigenvalue weighted by Crippen LogP contribution is 2.25. The van der Waals surface area contributed by atoms with Gasteiger partial charge in [-0.3, -0.25) is 9.10 Å². The van der Waals surface area contributed by atoms with Gasteiger partial charge >= 0.3 is 0 Å². The molecule has 11 heteroatoms. The van der Waals surface area contributed by atoms with Crippen molar-refractivity contribution in [2.24, 2.45) is 5.92 Å². The number of hydrogen-bond acceptors (Lipinski definition) is 6. The topological polar surface area (TPSA) is 107 Å². The van der Waals surface area contributed by atoms with Gasteiger partial charge in [-0.15, -0.1) is 0 Å². The third-order valence-corrected chi connectivity index (χ3v) is 9.35. The second kappa shape index (κ2) is 11.2. The number of nitrogens with zero attached hydrogens (tertiary/aromatic N) is 3. The van der Waals surface area contributed by atoms with Crippen LogP contribution in [-0.2, 0) is 24.8 Å². The van der Waals surface area contributed by atoms with Crippen LogP contribution in [0, 0.1) is 5.92 Å². The van der Waals surface area contributed by atoms with Crippen molar-refractivity contribution < 1.29 is 21.6 Å². The van der Waals surface area contributed by atoms with Crippen LogP contribution in [0.5, 0.6) is 0 Å². The number of carbonyl (C=O) groups excluding carboxylic acids is 1. The fraction of sp³-hybridized carbons (Fsp3) is 0.480. The minimum atomic E-state index is -3.79. The Morgan fingerprint density at radius 3 is 2.19 bits per heavy atom. The molecule has 198 valence electrons. The number of carbonyl (C=O) groups is 1. The number of benzene rings is 2. The summed E-state index contributed by atoms with van der Waals surface area (Å²) in [6, 6.07) is 13.2. The first-order chi connectivity index (χ1) is 16.8. The second-order valence-corrected chi connectivity index (χ2v) is 13.7. The number of rotatable bonds is 9. The van der Waals surface area contributed by atoms with Gasteiger partial charge in [0.2, 0.25) is 26.0 Å². The average molecular weight is 537 g/mol. The van der Waals surface area contributed by atoms with Crippen molar-refractivity contribution in [3.8, 4) is 0 Å². The van der Waals surface area contributed by atoms with E-state index in [0.29, 0.717) is 5.92 Å². The van der Waals surface area contributed by atoms with Crippen molar-refractivity contribution >= 4 is 37.3 Å². The molecule has 9 nitrogen and oxygen atoms in total. The molecule has 1 aliphatic heterocycles. The Morgan fingerprint density at radius 2 is 1.67 bits per heavy atom. The standard InChI is InChI=1S/C25H36N4O5S2/c1-19-7-6-16-28(17-19)22-10-8-21(9-11-22)20(2)26-25(30)18-29(35(5,31)32)23-12-14-24(15-13-23)36(33,34)27(3)4/h8-15,19-20H,6-7,16-18H2,1-5H3,(H,26,30). The number of sulfonamides is 2. The number of hydrogen-bond donors (Lipinski definition) is 1. The van der Waals surface area contributed by atoms with Crippen LogP contribution in [-0.4, -0.2) is 67.0 Å². The molecule has 0 bridgehead atoms. The molecule has 1 aliphatic rings. The Labute approximate surface area is 215 Å². The van der Waals surface area contributed by atoms with Gasteiger partial charge in [0.1, 0.15) is 6.54 Å². The molecule has 1 fully saturated rings. The van der Waals surface area contributed by atoms with Gasteiger partial charge in [-0.2, -0.15) is 0 Å². The molecule has 3 rings (SSSR count). The van der Waals surface area contributed by atoms with E-state index in [-0.39, 0.29) is 16.6 Å². The van der Waals surface area contributed by atoms with Gasteiger partial charge in [0.15, 0.2) is 0 Å². The van der Waals surface area contributed by atoms with E-state index in [1.807, 2.05) is 19.1 Å². The summed E-state index contributed by atoms with van der Waals surface area (Å²) in [5, 5.41) is 2.86. The Hall–Kier alpha value is -2.63. The van der Waals surface area contributed by atoms with Crippen molar-refractivity contribution in [2.45, 2.75) is 37.6 Å². The molecule has 2 aromatic rings. The molecule has 1 amide bonds. The Balaban J connectivity index is 1.68. The van der Waals surface area contributed by atoms with E-state index < -0.39 is 32.5 Å². The summed E-state index contributed by atoms with van der Waals surface area (Å²) in [6.07, 6.45) is 3.44. The van der Waals surface area contributed by atoms with Gasteiger partial charge in [-0.25, -0.2) is 21.1 Å².